The van der Waals surface area contributed by atoms with Gasteiger partial charge in [0, 0.05) is 48.7 Å². The highest BCUT2D eigenvalue weighted by Gasteiger charge is 2.20. The molecule has 0 spiro atoms. The fourth-order valence-corrected chi connectivity index (χ4v) is 6.13. The van der Waals surface area contributed by atoms with Crippen LogP contribution in [0.25, 0.3) is 0 Å². The van der Waals surface area contributed by atoms with Gasteiger partial charge >= 0.3 is 0 Å². The first kappa shape index (κ1) is 31.2. The zero-order chi connectivity index (χ0) is 31.7. The SMILES string of the molecule is O=C(c1ccc(N(Cc2ccccc2)Cc2ccccc2)cc1Cl)c1ccc(N(Cc2ccccc2)Cc2ccccc2)cc1Cl. The molecule has 6 rings (SSSR count). The molecule has 0 N–H and O–H groups in total. The number of benzene rings is 6. The number of rotatable bonds is 12. The van der Waals surface area contributed by atoms with Crippen LogP contribution in [0.5, 0.6) is 0 Å². The lowest BCUT2D eigenvalue weighted by Gasteiger charge is -2.26. The van der Waals surface area contributed by atoms with E-state index in [0.717, 1.165) is 11.4 Å². The number of nitrogens with zero attached hydrogens (tertiary/aromatic N) is 2. The Labute approximate surface area is 281 Å². The number of carbonyl (C=O) groups excluding carboxylic acids is 1. The maximum atomic E-state index is 13.8. The molecule has 0 saturated carbocycles. The summed E-state index contributed by atoms with van der Waals surface area (Å²) in [7, 11) is 0. The third-order valence-electron chi connectivity index (χ3n) is 7.99. The summed E-state index contributed by atoms with van der Waals surface area (Å²) in [6.07, 6.45) is 0. The van der Waals surface area contributed by atoms with Crippen molar-refractivity contribution in [2.75, 3.05) is 9.80 Å². The van der Waals surface area contributed by atoms with E-state index in [2.05, 4.69) is 58.3 Å². The van der Waals surface area contributed by atoms with Crippen LogP contribution in [0.3, 0.4) is 0 Å². The number of halogens is 2. The molecule has 0 fully saturated rings. The molecule has 0 aliphatic rings. The summed E-state index contributed by atoms with van der Waals surface area (Å²) < 4.78 is 0. The molecule has 0 unspecified atom stereocenters. The molecular formula is C41H34Cl2N2O. The Morgan fingerprint density at radius 2 is 0.696 bits per heavy atom. The van der Waals surface area contributed by atoms with Gasteiger partial charge in [-0.15, -0.1) is 0 Å². The topological polar surface area (TPSA) is 23.6 Å². The molecule has 0 radical (unpaired) electrons. The van der Waals surface area contributed by atoms with Gasteiger partial charge in [-0.05, 0) is 58.7 Å². The molecular weight excluding hydrogens is 607 g/mol. The second-order valence-corrected chi connectivity index (χ2v) is 12.1. The van der Waals surface area contributed by atoms with E-state index in [0.29, 0.717) is 47.4 Å². The van der Waals surface area contributed by atoms with Crippen molar-refractivity contribution in [3.63, 3.8) is 0 Å². The van der Waals surface area contributed by atoms with Crippen LogP contribution in [0.15, 0.2) is 158 Å². The smallest absolute Gasteiger partial charge is 0.196 e. The fourth-order valence-electron chi connectivity index (χ4n) is 5.61. The van der Waals surface area contributed by atoms with Gasteiger partial charge in [-0.1, -0.05) is 145 Å². The monoisotopic (exact) mass is 640 g/mol. The molecule has 0 aliphatic heterocycles. The van der Waals surface area contributed by atoms with E-state index in [4.69, 9.17) is 23.2 Å². The van der Waals surface area contributed by atoms with Crippen LogP contribution in [0.2, 0.25) is 10.0 Å². The van der Waals surface area contributed by atoms with Crippen LogP contribution in [0.4, 0.5) is 11.4 Å². The fraction of sp³-hybridized carbons (Fsp3) is 0.0976. The summed E-state index contributed by atoms with van der Waals surface area (Å²) >= 11 is 13.7. The second-order valence-electron chi connectivity index (χ2n) is 11.3. The summed E-state index contributed by atoms with van der Waals surface area (Å²) in [4.78, 5) is 18.3. The number of hydrogen-bond acceptors (Lipinski definition) is 3. The summed E-state index contributed by atoms with van der Waals surface area (Å²) in [6.45, 7) is 2.81. The minimum atomic E-state index is -0.205. The molecule has 0 aromatic heterocycles. The van der Waals surface area contributed by atoms with Crippen molar-refractivity contribution in [1.82, 2.24) is 0 Å². The van der Waals surface area contributed by atoms with Crippen LogP contribution in [-0.2, 0) is 26.2 Å². The molecule has 5 heteroatoms. The Balaban J connectivity index is 1.25. The van der Waals surface area contributed by atoms with E-state index in [1.54, 1.807) is 0 Å². The van der Waals surface area contributed by atoms with Crippen molar-refractivity contribution in [3.8, 4) is 0 Å². The van der Waals surface area contributed by atoms with Crippen molar-refractivity contribution < 1.29 is 4.79 Å². The van der Waals surface area contributed by atoms with Gasteiger partial charge < -0.3 is 9.80 Å². The van der Waals surface area contributed by atoms with E-state index < -0.39 is 0 Å². The molecule has 0 amide bonds. The van der Waals surface area contributed by atoms with Crippen molar-refractivity contribution in [2.45, 2.75) is 26.2 Å². The van der Waals surface area contributed by atoms with Crippen molar-refractivity contribution >= 4 is 40.4 Å². The first-order valence-corrected chi connectivity index (χ1v) is 16.1. The predicted octanol–water partition coefficient (Wildman–Crippen LogP) is 10.6. The van der Waals surface area contributed by atoms with Gasteiger partial charge in [0.1, 0.15) is 0 Å². The Kier molecular flexibility index (Phi) is 10.1. The average Bonchev–Trinajstić information content (AvgIpc) is 3.09. The quantitative estimate of drug-likeness (QED) is 0.124. The first-order valence-electron chi connectivity index (χ1n) is 15.3. The van der Waals surface area contributed by atoms with Gasteiger partial charge in [-0.2, -0.15) is 0 Å². The van der Waals surface area contributed by atoms with E-state index in [9.17, 15) is 4.79 Å². The van der Waals surface area contributed by atoms with Gasteiger partial charge in [0.05, 0.1) is 10.0 Å². The molecule has 6 aromatic rings. The van der Waals surface area contributed by atoms with Crippen LogP contribution >= 0.6 is 23.2 Å². The summed E-state index contributed by atoms with van der Waals surface area (Å²) in [5.41, 5.74) is 7.48. The zero-order valence-corrected chi connectivity index (χ0v) is 26.9. The Morgan fingerprint density at radius 3 is 0.957 bits per heavy atom. The Bertz CT molecular complexity index is 1660. The minimum Gasteiger partial charge on any atom is -0.363 e. The molecule has 6 aromatic carbocycles. The molecule has 0 aliphatic carbocycles. The van der Waals surface area contributed by atoms with Crippen molar-refractivity contribution in [2.24, 2.45) is 0 Å². The molecule has 0 saturated heterocycles. The lowest BCUT2D eigenvalue weighted by molar-refractivity contribution is 0.103. The van der Waals surface area contributed by atoms with E-state index in [1.807, 2.05) is 109 Å². The largest absolute Gasteiger partial charge is 0.363 e. The molecule has 3 nitrogen and oxygen atoms in total. The maximum absolute atomic E-state index is 13.8. The van der Waals surface area contributed by atoms with E-state index in [-0.39, 0.29) is 5.78 Å². The Hall–Kier alpha value is -4.83. The van der Waals surface area contributed by atoms with Crippen LogP contribution in [0.1, 0.15) is 38.2 Å². The maximum Gasteiger partial charge on any atom is 0.196 e. The summed E-state index contributed by atoms with van der Waals surface area (Å²) in [6, 6.07) is 52.7. The number of hydrogen-bond donors (Lipinski definition) is 0. The van der Waals surface area contributed by atoms with Gasteiger partial charge in [-0.25, -0.2) is 0 Å². The minimum absolute atomic E-state index is 0.205. The van der Waals surface area contributed by atoms with Gasteiger partial charge in [0.25, 0.3) is 0 Å². The second kappa shape index (κ2) is 15.0. The van der Waals surface area contributed by atoms with Crippen molar-refractivity contribution in [3.05, 3.63) is 201 Å². The van der Waals surface area contributed by atoms with Gasteiger partial charge in [0.2, 0.25) is 0 Å². The van der Waals surface area contributed by atoms with Crippen LogP contribution < -0.4 is 9.80 Å². The third-order valence-corrected chi connectivity index (χ3v) is 8.62. The highest BCUT2D eigenvalue weighted by atomic mass is 35.5. The number of carbonyl (C=O) groups is 1. The zero-order valence-electron chi connectivity index (χ0n) is 25.4. The number of anilines is 2. The number of ketones is 1. The molecule has 228 valence electrons. The summed E-state index contributed by atoms with van der Waals surface area (Å²) in [5, 5.41) is 0.784. The third kappa shape index (κ3) is 7.87. The lowest BCUT2D eigenvalue weighted by atomic mass is 10.0. The molecule has 0 heterocycles. The highest BCUT2D eigenvalue weighted by molar-refractivity contribution is 6.38. The standard InChI is InChI=1S/C41H34Cl2N2O/c42-39-25-35(44(27-31-13-5-1-6-14-31)28-32-15-7-2-8-16-32)21-23-37(39)41(46)38-24-22-36(26-40(38)43)45(29-33-17-9-3-10-18-33)30-34-19-11-4-12-20-34/h1-26H,27-30H2. The van der Waals surface area contributed by atoms with Crippen molar-refractivity contribution in [1.29, 1.82) is 0 Å². The summed E-state index contributed by atoms with van der Waals surface area (Å²) in [5.74, 6) is -0.205. The molecule has 0 atom stereocenters. The van der Waals surface area contributed by atoms with Gasteiger partial charge in [-0.3, -0.25) is 4.79 Å². The van der Waals surface area contributed by atoms with E-state index >= 15 is 0 Å². The Morgan fingerprint density at radius 1 is 0.413 bits per heavy atom. The van der Waals surface area contributed by atoms with Crippen LogP contribution in [-0.4, -0.2) is 5.78 Å². The van der Waals surface area contributed by atoms with Crippen LogP contribution in [0, 0.1) is 0 Å². The lowest BCUT2D eigenvalue weighted by Crippen LogP contribution is -2.22. The van der Waals surface area contributed by atoms with E-state index in [1.165, 1.54) is 22.3 Å². The molecule has 0 bridgehead atoms. The van der Waals surface area contributed by atoms with Gasteiger partial charge in [0.15, 0.2) is 5.78 Å². The first-order chi connectivity index (χ1) is 22.5. The highest BCUT2D eigenvalue weighted by Crippen LogP contribution is 2.32. The predicted molar refractivity (Wildman–Crippen MR) is 192 cm³/mol. The normalized spacial score (nSPS) is 10.8. The molecule has 46 heavy (non-hydrogen) atoms. The average molecular weight is 642 g/mol.